The number of nitro benzene ring substituents is 1. The van der Waals surface area contributed by atoms with Gasteiger partial charge in [0.2, 0.25) is 0 Å². The Morgan fingerprint density at radius 2 is 1.36 bits per heavy atom. The van der Waals surface area contributed by atoms with Crippen LogP contribution in [0.1, 0.15) is 11.1 Å². The molecule has 6 heteroatoms. The Morgan fingerprint density at radius 1 is 0.821 bits per heavy atom. The number of hydrogen-bond donors (Lipinski definition) is 1. The highest BCUT2D eigenvalue weighted by atomic mass is 16.6. The zero-order valence-electron chi connectivity index (χ0n) is 15.1. The molecule has 0 amide bonds. The second kappa shape index (κ2) is 9.23. The van der Waals surface area contributed by atoms with Crippen molar-refractivity contribution in [2.75, 3.05) is 5.43 Å². The van der Waals surface area contributed by atoms with Crippen LogP contribution in [0.3, 0.4) is 0 Å². The van der Waals surface area contributed by atoms with Crippen LogP contribution in [0.4, 0.5) is 11.4 Å². The number of ketones is 1. The zero-order chi connectivity index (χ0) is 19.8. The summed E-state index contributed by atoms with van der Waals surface area (Å²) in [5.74, 6) is -0.0792. The van der Waals surface area contributed by atoms with E-state index in [1.807, 2.05) is 60.7 Å². The lowest BCUT2D eigenvalue weighted by atomic mass is 10.0. The van der Waals surface area contributed by atoms with E-state index in [0.717, 1.165) is 11.1 Å². The zero-order valence-corrected chi connectivity index (χ0v) is 15.1. The van der Waals surface area contributed by atoms with E-state index in [1.54, 1.807) is 12.1 Å². The fourth-order valence-electron chi connectivity index (χ4n) is 2.66. The van der Waals surface area contributed by atoms with Gasteiger partial charge < -0.3 is 0 Å². The molecule has 140 valence electrons. The van der Waals surface area contributed by atoms with Crippen molar-refractivity contribution in [3.8, 4) is 0 Å². The SMILES string of the molecule is O=C(Cc1ccccc1)/C(Cc1ccccc1)=N/Nc1ccc([N+](=O)[O-])cc1. The molecule has 0 spiro atoms. The van der Waals surface area contributed by atoms with Crippen LogP contribution < -0.4 is 5.43 Å². The first-order valence-corrected chi connectivity index (χ1v) is 8.80. The van der Waals surface area contributed by atoms with Gasteiger partial charge in [0.15, 0.2) is 5.78 Å². The Hall–Kier alpha value is -3.80. The molecule has 0 aromatic heterocycles. The molecule has 0 unspecified atom stereocenters. The van der Waals surface area contributed by atoms with Crippen molar-refractivity contribution in [1.29, 1.82) is 0 Å². The summed E-state index contributed by atoms with van der Waals surface area (Å²) >= 11 is 0. The molecule has 0 aliphatic carbocycles. The van der Waals surface area contributed by atoms with Gasteiger partial charge in [0, 0.05) is 25.0 Å². The molecule has 0 saturated carbocycles. The average molecular weight is 373 g/mol. The molecule has 0 atom stereocenters. The van der Waals surface area contributed by atoms with Crippen molar-refractivity contribution in [3.05, 3.63) is 106 Å². The van der Waals surface area contributed by atoms with Crippen LogP contribution in [0.25, 0.3) is 0 Å². The fourth-order valence-corrected chi connectivity index (χ4v) is 2.66. The third kappa shape index (κ3) is 5.35. The van der Waals surface area contributed by atoms with Gasteiger partial charge in [0.25, 0.3) is 5.69 Å². The summed E-state index contributed by atoms with van der Waals surface area (Å²) in [6.07, 6.45) is 0.654. The van der Waals surface area contributed by atoms with Crippen LogP contribution in [0.15, 0.2) is 90.0 Å². The second-order valence-corrected chi connectivity index (χ2v) is 6.22. The van der Waals surface area contributed by atoms with E-state index >= 15 is 0 Å². The Labute approximate surface area is 162 Å². The molecule has 3 rings (SSSR count). The number of carbonyl (C=O) groups excluding carboxylic acids is 1. The highest BCUT2D eigenvalue weighted by Crippen LogP contribution is 2.15. The number of benzene rings is 3. The molecule has 0 bridgehead atoms. The Balaban J connectivity index is 1.79. The smallest absolute Gasteiger partial charge is 0.269 e. The molecule has 3 aromatic carbocycles. The maximum atomic E-state index is 12.8. The maximum absolute atomic E-state index is 12.8. The van der Waals surface area contributed by atoms with E-state index in [-0.39, 0.29) is 17.9 Å². The van der Waals surface area contributed by atoms with Gasteiger partial charge in [-0.2, -0.15) is 5.10 Å². The first kappa shape index (κ1) is 19.0. The van der Waals surface area contributed by atoms with Crippen LogP contribution in [0.2, 0.25) is 0 Å². The molecule has 0 aliphatic heterocycles. The summed E-state index contributed by atoms with van der Waals surface area (Å²) < 4.78 is 0. The van der Waals surface area contributed by atoms with Crippen molar-refractivity contribution in [1.82, 2.24) is 0 Å². The lowest BCUT2D eigenvalue weighted by Gasteiger charge is -2.08. The number of nitrogens with zero attached hydrogens (tertiary/aromatic N) is 2. The van der Waals surface area contributed by atoms with E-state index in [9.17, 15) is 14.9 Å². The fraction of sp³-hybridized carbons (Fsp3) is 0.0909. The van der Waals surface area contributed by atoms with Crippen LogP contribution in [0.5, 0.6) is 0 Å². The Morgan fingerprint density at radius 3 is 1.89 bits per heavy atom. The number of carbonyl (C=O) groups is 1. The van der Waals surface area contributed by atoms with Gasteiger partial charge in [-0.25, -0.2) is 0 Å². The van der Waals surface area contributed by atoms with Gasteiger partial charge in [-0.15, -0.1) is 0 Å². The molecule has 0 aliphatic rings. The van der Waals surface area contributed by atoms with Gasteiger partial charge >= 0.3 is 0 Å². The molecule has 3 aromatic rings. The molecule has 1 N–H and O–H groups in total. The summed E-state index contributed by atoms with van der Waals surface area (Å²) in [5.41, 5.74) is 5.71. The summed E-state index contributed by atoms with van der Waals surface area (Å²) in [5, 5.41) is 15.1. The van der Waals surface area contributed by atoms with Crippen molar-refractivity contribution < 1.29 is 9.72 Å². The standard InChI is InChI=1S/C22H19N3O3/c26-22(16-18-9-5-2-6-10-18)21(15-17-7-3-1-4-8-17)24-23-19-11-13-20(14-12-19)25(27)28/h1-14,23H,15-16H2/b24-21+. The Kier molecular flexibility index (Phi) is 6.25. The number of non-ortho nitro benzene ring substituents is 1. The third-order valence-electron chi connectivity index (χ3n) is 4.14. The lowest BCUT2D eigenvalue weighted by Crippen LogP contribution is -2.20. The molecule has 0 fully saturated rings. The summed E-state index contributed by atoms with van der Waals surface area (Å²) in [6, 6.07) is 25.0. The molecular weight excluding hydrogens is 354 g/mol. The van der Waals surface area contributed by atoms with E-state index in [4.69, 9.17) is 0 Å². The summed E-state index contributed by atoms with van der Waals surface area (Å²) in [4.78, 5) is 23.1. The van der Waals surface area contributed by atoms with Crippen molar-refractivity contribution in [2.45, 2.75) is 12.8 Å². The maximum Gasteiger partial charge on any atom is 0.269 e. The van der Waals surface area contributed by atoms with E-state index < -0.39 is 4.92 Å². The molecule has 0 radical (unpaired) electrons. The highest BCUT2D eigenvalue weighted by Gasteiger charge is 2.14. The molecule has 0 heterocycles. The van der Waals surface area contributed by atoms with Gasteiger partial charge in [-0.1, -0.05) is 60.7 Å². The topological polar surface area (TPSA) is 84.6 Å². The Bertz CT molecular complexity index is 969. The number of hydrazone groups is 1. The van der Waals surface area contributed by atoms with Crippen LogP contribution in [-0.4, -0.2) is 16.4 Å². The molecular formula is C22H19N3O3. The number of hydrogen-bond acceptors (Lipinski definition) is 5. The largest absolute Gasteiger partial charge is 0.292 e. The number of rotatable bonds is 8. The second-order valence-electron chi connectivity index (χ2n) is 6.22. The predicted molar refractivity (Wildman–Crippen MR) is 109 cm³/mol. The quantitative estimate of drug-likeness (QED) is 0.360. The van der Waals surface area contributed by atoms with Crippen LogP contribution in [-0.2, 0) is 17.6 Å². The minimum absolute atomic E-state index is 0.000748. The molecule has 28 heavy (non-hydrogen) atoms. The van der Waals surface area contributed by atoms with Gasteiger partial charge in [-0.3, -0.25) is 20.3 Å². The van der Waals surface area contributed by atoms with Crippen LogP contribution in [0, 0.1) is 10.1 Å². The van der Waals surface area contributed by atoms with Gasteiger partial charge in [0.05, 0.1) is 10.6 Å². The van der Waals surface area contributed by atoms with Crippen LogP contribution >= 0.6 is 0 Å². The lowest BCUT2D eigenvalue weighted by molar-refractivity contribution is -0.384. The number of Topliss-reactive ketones (excluding diaryl/α,β-unsaturated/α-hetero) is 1. The van der Waals surface area contributed by atoms with Crippen molar-refractivity contribution in [2.24, 2.45) is 5.10 Å². The van der Waals surface area contributed by atoms with Gasteiger partial charge in [-0.05, 0) is 23.3 Å². The number of nitro groups is 1. The minimum atomic E-state index is -0.461. The first-order chi connectivity index (χ1) is 13.6. The average Bonchev–Trinajstić information content (AvgIpc) is 2.73. The minimum Gasteiger partial charge on any atom is -0.292 e. The number of anilines is 1. The third-order valence-corrected chi connectivity index (χ3v) is 4.14. The van der Waals surface area contributed by atoms with Crippen molar-refractivity contribution in [3.63, 3.8) is 0 Å². The van der Waals surface area contributed by atoms with E-state index in [2.05, 4.69) is 10.5 Å². The summed E-state index contributed by atoms with van der Waals surface area (Å²) in [7, 11) is 0. The van der Waals surface area contributed by atoms with E-state index in [1.165, 1.54) is 12.1 Å². The van der Waals surface area contributed by atoms with Gasteiger partial charge in [0.1, 0.15) is 5.71 Å². The predicted octanol–water partition coefficient (Wildman–Crippen LogP) is 4.42. The normalized spacial score (nSPS) is 11.1. The number of nitrogens with one attached hydrogen (secondary N) is 1. The molecule has 6 nitrogen and oxygen atoms in total. The van der Waals surface area contributed by atoms with E-state index in [0.29, 0.717) is 17.8 Å². The first-order valence-electron chi connectivity index (χ1n) is 8.80. The summed E-state index contributed by atoms with van der Waals surface area (Å²) in [6.45, 7) is 0. The molecule has 0 saturated heterocycles. The highest BCUT2D eigenvalue weighted by molar-refractivity contribution is 6.40. The monoisotopic (exact) mass is 373 g/mol. The van der Waals surface area contributed by atoms with Crippen molar-refractivity contribution >= 4 is 22.9 Å².